The van der Waals surface area contributed by atoms with Crippen molar-refractivity contribution in [2.45, 2.75) is 0 Å². The summed E-state index contributed by atoms with van der Waals surface area (Å²) in [4.78, 5) is 20.3. The molecule has 0 saturated heterocycles. The van der Waals surface area contributed by atoms with Gasteiger partial charge in [-0.2, -0.15) is 9.97 Å². The fraction of sp³-hybridized carbons (Fsp3) is 0.0625. The molecule has 116 valence electrons. The van der Waals surface area contributed by atoms with Crippen LogP contribution in [0.15, 0.2) is 59.4 Å². The molecule has 0 saturated carbocycles. The summed E-state index contributed by atoms with van der Waals surface area (Å²) in [6, 6.07) is 16.6. The number of anilines is 2. The molecule has 0 atom stereocenters. The maximum Gasteiger partial charge on any atom is 0.352 e. The molecule has 0 aliphatic carbocycles. The van der Waals surface area contributed by atoms with E-state index in [1.54, 1.807) is 25.2 Å². The summed E-state index contributed by atoms with van der Waals surface area (Å²) in [7, 11) is 1.62. The molecule has 0 bridgehead atoms. The van der Waals surface area contributed by atoms with E-state index in [4.69, 9.17) is 11.6 Å². The minimum atomic E-state index is -0.410. The second kappa shape index (κ2) is 6.50. The van der Waals surface area contributed by atoms with Crippen molar-refractivity contribution in [3.8, 4) is 11.4 Å². The maximum atomic E-state index is 12.0. The van der Waals surface area contributed by atoms with Crippen molar-refractivity contribution in [1.29, 1.82) is 0 Å². The molecule has 3 rings (SSSR count). The normalized spacial score (nSPS) is 10.3. The van der Waals surface area contributed by atoms with Gasteiger partial charge in [-0.05, 0) is 24.3 Å². The molecule has 6 nitrogen and oxygen atoms in total. The third-order valence-electron chi connectivity index (χ3n) is 3.19. The lowest BCUT2D eigenvalue weighted by atomic mass is 10.2. The maximum absolute atomic E-state index is 12.0. The first-order valence-corrected chi connectivity index (χ1v) is 7.29. The first kappa shape index (κ1) is 15.1. The monoisotopic (exact) mass is 327 g/mol. The van der Waals surface area contributed by atoms with E-state index in [-0.39, 0.29) is 5.95 Å². The van der Waals surface area contributed by atoms with Crippen molar-refractivity contribution < 1.29 is 0 Å². The first-order chi connectivity index (χ1) is 11.1. The highest BCUT2D eigenvalue weighted by Crippen LogP contribution is 2.20. The van der Waals surface area contributed by atoms with E-state index in [9.17, 15) is 4.79 Å². The second-order valence-electron chi connectivity index (χ2n) is 4.84. The summed E-state index contributed by atoms with van der Waals surface area (Å²) in [5.41, 5.74) is 6.95. The Bertz CT molecular complexity index is 879. The number of para-hydroxylation sites is 1. The zero-order valence-corrected chi connectivity index (χ0v) is 13.1. The molecule has 0 spiro atoms. The molecule has 0 unspecified atom stereocenters. The van der Waals surface area contributed by atoms with E-state index in [1.807, 2.05) is 36.4 Å². The summed E-state index contributed by atoms with van der Waals surface area (Å²) in [6.45, 7) is 0. The van der Waals surface area contributed by atoms with Crippen LogP contribution in [0, 0.1) is 0 Å². The van der Waals surface area contributed by atoms with Crippen LogP contribution in [-0.2, 0) is 7.05 Å². The van der Waals surface area contributed by atoms with Gasteiger partial charge in [0.1, 0.15) is 5.82 Å². The van der Waals surface area contributed by atoms with Crippen LogP contribution in [0.1, 0.15) is 0 Å². The zero-order valence-electron chi connectivity index (χ0n) is 12.3. The third-order valence-corrected chi connectivity index (χ3v) is 3.43. The molecule has 1 heterocycles. The van der Waals surface area contributed by atoms with Gasteiger partial charge in [-0.3, -0.25) is 15.4 Å². The summed E-state index contributed by atoms with van der Waals surface area (Å²) in [5, 5.41) is 0.575. The molecule has 0 amide bonds. The van der Waals surface area contributed by atoms with Gasteiger partial charge in [0.05, 0.1) is 5.69 Å². The van der Waals surface area contributed by atoms with E-state index in [0.29, 0.717) is 10.8 Å². The molecule has 0 radical (unpaired) electrons. The Morgan fingerprint density at radius 2 is 1.78 bits per heavy atom. The van der Waals surface area contributed by atoms with Crippen molar-refractivity contribution >= 4 is 23.2 Å². The molecule has 0 fully saturated rings. The standard InChI is InChI=1S/C16H14ClN5O/c1-22-14(11-6-5-7-12(17)10-11)18-15(19-16(22)23)21-20-13-8-3-2-4-9-13/h2-10,20H,1H3,(H,19,21,23). The van der Waals surface area contributed by atoms with Crippen LogP contribution in [0.2, 0.25) is 5.02 Å². The van der Waals surface area contributed by atoms with Crippen molar-refractivity contribution in [2.24, 2.45) is 7.05 Å². The van der Waals surface area contributed by atoms with Gasteiger partial charge in [0, 0.05) is 17.6 Å². The average molecular weight is 328 g/mol. The molecule has 0 aliphatic heterocycles. The Labute approximate surface area is 137 Å². The van der Waals surface area contributed by atoms with Crippen molar-refractivity contribution in [1.82, 2.24) is 14.5 Å². The number of halogens is 1. The highest BCUT2D eigenvalue weighted by molar-refractivity contribution is 6.30. The molecule has 23 heavy (non-hydrogen) atoms. The number of aromatic nitrogens is 3. The minimum absolute atomic E-state index is 0.187. The van der Waals surface area contributed by atoms with E-state index in [0.717, 1.165) is 11.3 Å². The molecule has 0 aliphatic rings. The Balaban J connectivity index is 1.92. The predicted molar refractivity (Wildman–Crippen MR) is 91.4 cm³/mol. The van der Waals surface area contributed by atoms with E-state index >= 15 is 0 Å². The summed E-state index contributed by atoms with van der Waals surface area (Å²) in [5.74, 6) is 0.664. The van der Waals surface area contributed by atoms with Gasteiger partial charge in [0.25, 0.3) is 0 Å². The molecular formula is C16H14ClN5O. The summed E-state index contributed by atoms with van der Waals surface area (Å²) in [6.07, 6.45) is 0. The van der Waals surface area contributed by atoms with Crippen LogP contribution in [0.25, 0.3) is 11.4 Å². The second-order valence-corrected chi connectivity index (χ2v) is 5.28. The van der Waals surface area contributed by atoms with Crippen molar-refractivity contribution in [3.05, 3.63) is 70.1 Å². The highest BCUT2D eigenvalue weighted by atomic mass is 35.5. The van der Waals surface area contributed by atoms with Gasteiger partial charge in [0.2, 0.25) is 5.95 Å². The lowest BCUT2D eigenvalue weighted by Crippen LogP contribution is -2.26. The number of benzene rings is 2. The van der Waals surface area contributed by atoms with Gasteiger partial charge >= 0.3 is 5.69 Å². The largest absolute Gasteiger partial charge is 0.352 e. The lowest BCUT2D eigenvalue weighted by Gasteiger charge is -2.11. The molecule has 2 N–H and O–H groups in total. The zero-order chi connectivity index (χ0) is 16.2. The van der Waals surface area contributed by atoms with Crippen LogP contribution < -0.4 is 16.5 Å². The number of hydrogen-bond acceptors (Lipinski definition) is 5. The lowest BCUT2D eigenvalue weighted by molar-refractivity contribution is 0.786. The number of nitrogens with one attached hydrogen (secondary N) is 2. The number of hydrazine groups is 1. The summed E-state index contributed by atoms with van der Waals surface area (Å²) >= 11 is 6.01. The molecule has 3 aromatic rings. The Morgan fingerprint density at radius 3 is 2.52 bits per heavy atom. The number of nitrogens with zero attached hydrogens (tertiary/aromatic N) is 3. The van der Waals surface area contributed by atoms with Gasteiger partial charge < -0.3 is 0 Å². The Morgan fingerprint density at radius 1 is 1.00 bits per heavy atom. The number of hydrogen-bond donors (Lipinski definition) is 2. The van der Waals surface area contributed by atoms with Gasteiger partial charge in [-0.25, -0.2) is 4.79 Å². The number of rotatable bonds is 4. The van der Waals surface area contributed by atoms with E-state index in [1.165, 1.54) is 4.57 Å². The molecular weight excluding hydrogens is 314 g/mol. The highest BCUT2D eigenvalue weighted by Gasteiger charge is 2.09. The SMILES string of the molecule is Cn1c(-c2cccc(Cl)c2)nc(NNc2ccccc2)nc1=O. The molecule has 1 aromatic heterocycles. The molecule has 2 aromatic carbocycles. The third kappa shape index (κ3) is 3.49. The van der Waals surface area contributed by atoms with Crippen LogP contribution in [-0.4, -0.2) is 14.5 Å². The fourth-order valence-corrected chi connectivity index (χ4v) is 2.24. The van der Waals surface area contributed by atoms with E-state index < -0.39 is 5.69 Å². The van der Waals surface area contributed by atoms with Crippen LogP contribution in [0.3, 0.4) is 0 Å². The fourth-order valence-electron chi connectivity index (χ4n) is 2.05. The van der Waals surface area contributed by atoms with Crippen LogP contribution in [0.4, 0.5) is 11.6 Å². The van der Waals surface area contributed by atoms with Crippen LogP contribution in [0.5, 0.6) is 0 Å². The average Bonchev–Trinajstić information content (AvgIpc) is 2.57. The van der Waals surface area contributed by atoms with Gasteiger partial charge in [0.15, 0.2) is 0 Å². The van der Waals surface area contributed by atoms with Crippen molar-refractivity contribution in [2.75, 3.05) is 10.9 Å². The summed E-state index contributed by atoms with van der Waals surface area (Å²) < 4.78 is 1.37. The Kier molecular flexibility index (Phi) is 4.25. The predicted octanol–water partition coefficient (Wildman–Crippen LogP) is 2.93. The van der Waals surface area contributed by atoms with E-state index in [2.05, 4.69) is 20.8 Å². The van der Waals surface area contributed by atoms with Gasteiger partial charge in [-0.15, -0.1) is 0 Å². The van der Waals surface area contributed by atoms with Gasteiger partial charge in [-0.1, -0.05) is 41.9 Å². The van der Waals surface area contributed by atoms with Crippen molar-refractivity contribution in [3.63, 3.8) is 0 Å². The smallest absolute Gasteiger partial charge is 0.298 e. The first-order valence-electron chi connectivity index (χ1n) is 6.91. The topological polar surface area (TPSA) is 71.8 Å². The minimum Gasteiger partial charge on any atom is -0.298 e. The Hall–Kier alpha value is -2.86. The molecule has 7 heteroatoms. The van der Waals surface area contributed by atoms with Crippen LogP contribution >= 0.6 is 11.6 Å². The quantitative estimate of drug-likeness (QED) is 0.721.